The van der Waals surface area contributed by atoms with Crippen molar-refractivity contribution in [2.45, 2.75) is 38.1 Å². The molecule has 3 fully saturated rings. The standard InChI is InChI=1S/C16H20N4O2/c21-14(19-12-2-1-3-12)13-8-16(13)5-7-20(10-16)15(22)11-4-6-17-18-9-11/h4,6,9,12-13H,1-3,5,7-8,10H2,(H,19,21)/t13-,16+/m1/s1. The average molecular weight is 300 g/mol. The molecule has 4 rings (SSSR count). The lowest BCUT2D eigenvalue weighted by Gasteiger charge is -2.26. The van der Waals surface area contributed by atoms with Crippen LogP contribution in [-0.2, 0) is 4.79 Å². The van der Waals surface area contributed by atoms with Gasteiger partial charge >= 0.3 is 0 Å². The van der Waals surface area contributed by atoms with Crippen LogP contribution in [0.4, 0.5) is 0 Å². The number of aromatic nitrogens is 2. The van der Waals surface area contributed by atoms with E-state index in [9.17, 15) is 9.59 Å². The highest BCUT2D eigenvalue weighted by Gasteiger charge is 2.61. The molecule has 2 saturated carbocycles. The smallest absolute Gasteiger partial charge is 0.255 e. The van der Waals surface area contributed by atoms with Crippen molar-refractivity contribution < 1.29 is 9.59 Å². The Hall–Kier alpha value is -1.98. The highest BCUT2D eigenvalue weighted by molar-refractivity contribution is 5.94. The Balaban J connectivity index is 1.37. The van der Waals surface area contributed by atoms with E-state index in [4.69, 9.17) is 0 Å². The number of nitrogens with zero attached hydrogens (tertiary/aromatic N) is 3. The first kappa shape index (κ1) is 13.7. The molecule has 22 heavy (non-hydrogen) atoms. The van der Waals surface area contributed by atoms with E-state index in [1.54, 1.807) is 6.07 Å². The average Bonchev–Trinajstić information content (AvgIpc) is 3.04. The maximum absolute atomic E-state index is 12.4. The van der Waals surface area contributed by atoms with Gasteiger partial charge in [-0.25, -0.2) is 0 Å². The fourth-order valence-corrected chi connectivity index (χ4v) is 3.69. The van der Waals surface area contributed by atoms with Gasteiger partial charge in [-0.2, -0.15) is 10.2 Å². The van der Waals surface area contributed by atoms with Gasteiger partial charge in [0, 0.05) is 30.5 Å². The molecule has 0 aromatic carbocycles. The van der Waals surface area contributed by atoms with Crippen molar-refractivity contribution in [3.8, 4) is 0 Å². The van der Waals surface area contributed by atoms with Gasteiger partial charge in [-0.05, 0) is 38.2 Å². The third-order valence-corrected chi connectivity index (χ3v) is 5.46. The molecule has 1 spiro atoms. The third-order valence-electron chi connectivity index (χ3n) is 5.46. The van der Waals surface area contributed by atoms with Gasteiger partial charge in [0.05, 0.1) is 18.0 Å². The van der Waals surface area contributed by atoms with Crippen LogP contribution in [0.5, 0.6) is 0 Å². The minimum Gasteiger partial charge on any atom is -0.353 e. The summed E-state index contributed by atoms with van der Waals surface area (Å²) in [7, 11) is 0. The van der Waals surface area contributed by atoms with Crippen molar-refractivity contribution in [2.24, 2.45) is 11.3 Å². The number of amides is 2. The van der Waals surface area contributed by atoms with E-state index in [1.165, 1.54) is 18.8 Å². The first-order chi connectivity index (χ1) is 10.7. The summed E-state index contributed by atoms with van der Waals surface area (Å²) in [5, 5.41) is 10.6. The van der Waals surface area contributed by atoms with Crippen LogP contribution in [0.25, 0.3) is 0 Å². The predicted molar refractivity (Wildman–Crippen MR) is 78.9 cm³/mol. The van der Waals surface area contributed by atoms with Gasteiger partial charge in [-0.1, -0.05) is 0 Å². The molecule has 0 bridgehead atoms. The summed E-state index contributed by atoms with van der Waals surface area (Å²) in [6, 6.07) is 2.08. The SMILES string of the molecule is O=C(NC1CCC1)[C@H]1C[C@]12CCN(C(=O)c1ccnnc1)C2. The van der Waals surface area contributed by atoms with E-state index < -0.39 is 0 Å². The van der Waals surface area contributed by atoms with Crippen LogP contribution in [0.2, 0.25) is 0 Å². The summed E-state index contributed by atoms with van der Waals surface area (Å²) in [6.45, 7) is 1.42. The minimum absolute atomic E-state index is 0.00294. The summed E-state index contributed by atoms with van der Waals surface area (Å²) in [5.41, 5.74) is 0.604. The molecule has 6 heteroatoms. The second-order valence-electron chi connectivity index (χ2n) is 6.86. The van der Waals surface area contributed by atoms with E-state index in [1.807, 2.05) is 4.90 Å². The summed E-state index contributed by atoms with van der Waals surface area (Å²) in [6.07, 6.45) is 8.34. The van der Waals surface area contributed by atoms with Gasteiger partial charge in [0.25, 0.3) is 5.91 Å². The van der Waals surface area contributed by atoms with E-state index >= 15 is 0 Å². The Labute approximate surface area is 129 Å². The molecule has 2 amide bonds. The molecule has 6 nitrogen and oxygen atoms in total. The molecule has 3 aliphatic rings. The Morgan fingerprint density at radius 1 is 1.32 bits per heavy atom. The Kier molecular flexibility index (Phi) is 3.13. The molecule has 0 radical (unpaired) electrons. The molecule has 2 heterocycles. The van der Waals surface area contributed by atoms with E-state index in [0.29, 0.717) is 18.2 Å². The summed E-state index contributed by atoms with van der Waals surface area (Å²) >= 11 is 0. The molecule has 1 aliphatic heterocycles. The van der Waals surface area contributed by atoms with Gasteiger partial charge in [0.1, 0.15) is 0 Å². The first-order valence-electron chi connectivity index (χ1n) is 8.04. The van der Waals surface area contributed by atoms with Crippen LogP contribution in [0.1, 0.15) is 42.5 Å². The number of nitrogens with one attached hydrogen (secondary N) is 1. The highest BCUT2D eigenvalue weighted by atomic mass is 16.2. The largest absolute Gasteiger partial charge is 0.353 e. The molecular weight excluding hydrogens is 280 g/mol. The van der Waals surface area contributed by atoms with E-state index in [-0.39, 0.29) is 23.1 Å². The fourth-order valence-electron chi connectivity index (χ4n) is 3.69. The normalized spacial score (nSPS) is 30.2. The van der Waals surface area contributed by atoms with Gasteiger partial charge in [0.15, 0.2) is 0 Å². The summed E-state index contributed by atoms with van der Waals surface area (Å²) in [4.78, 5) is 26.6. The van der Waals surface area contributed by atoms with Crippen LogP contribution in [0, 0.1) is 11.3 Å². The van der Waals surface area contributed by atoms with Gasteiger partial charge in [-0.15, -0.1) is 0 Å². The molecule has 1 saturated heterocycles. The second kappa shape index (κ2) is 5.04. The van der Waals surface area contributed by atoms with Crippen LogP contribution in [0.15, 0.2) is 18.5 Å². The van der Waals surface area contributed by atoms with Crippen molar-refractivity contribution in [2.75, 3.05) is 13.1 Å². The number of rotatable bonds is 3. The van der Waals surface area contributed by atoms with E-state index in [0.717, 1.165) is 32.2 Å². The number of likely N-dealkylation sites (tertiary alicyclic amines) is 1. The molecule has 116 valence electrons. The maximum atomic E-state index is 12.4. The lowest BCUT2D eigenvalue weighted by molar-refractivity contribution is -0.124. The highest BCUT2D eigenvalue weighted by Crippen LogP contribution is 2.58. The number of carbonyl (C=O) groups is 2. The number of hydrogen-bond acceptors (Lipinski definition) is 4. The zero-order chi connectivity index (χ0) is 15.2. The molecular formula is C16H20N4O2. The Morgan fingerprint density at radius 2 is 2.18 bits per heavy atom. The third kappa shape index (κ3) is 2.26. The quantitative estimate of drug-likeness (QED) is 0.903. The summed E-state index contributed by atoms with van der Waals surface area (Å²) < 4.78 is 0. The predicted octanol–water partition coefficient (Wildman–Crippen LogP) is 0.997. The van der Waals surface area contributed by atoms with Gasteiger partial charge in [0.2, 0.25) is 5.91 Å². The van der Waals surface area contributed by atoms with Gasteiger partial charge in [-0.3, -0.25) is 9.59 Å². The lowest BCUT2D eigenvalue weighted by Crippen LogP contribution is -2.41. The lowest BCUT2D eigenvalue weighted by atomic mass is 9.92. The Bertz CT molecular complexity index is 601. The number of hydrogen-bond donors (Lipinski definition) is 1. The molecule has 2 atom stereocenters. The molecule has 0 unspecified atom stereocenters. The van der Waals surface area contributed by atoms with Crippen LogP contribution >= 0.6 is 0 Å². The monoisotopic (exact) mass is 300 g/mol. The van der Waals surface area contributed by atoms with Crippen LogP contribution in [-0.4, -0.2) is 46.0 Å². The van der Waals surface area contributed by atoms with Crippen molar-refractivity contribution in [3.05, 3.63) is 24.0 Å². The molecule has 1 aromatic rings. The van der Waals surface area contributed by atoms with E-state index in [2.05, 4.69) is 15.5 Å². The minimum atomic E-state index is -0.00294. The summed E-state index contributed by atoms with van der Waals surface area (Å²) in [5.74, 6) is 0.294. The van der Waals surface area contributed by atoms with Gasteiger partial charge < -0.3 is 10.2 Å². The van der Waals surface area contributed by atoms with Crippen molar-refractivity contribution in [1.82, 2.24) is 20.4 Å². The molecule has 1 N–H and O–H groups in total. The first-order valence-corrected chi connectivity index (χ1v) is 8.04. The zero-order valence-corrected chi connectivity index (χ0v) is 12.5. The maximum Gasteiger partial charge on any atom is 0.255 e. The Morgan fingerprint density at radius 3 is 2.86 bits per heavy atom. The van der Waals surface area contributed by atoms with Crippen LogP contribution < -0.4 is 5.32 Å². The van der Waals surface area contributed by atoms with Crippen molar-refractivity contribution >= 4 is 11.8 Å². The number of carbonyl (C=O) groups excluding carboxylic acids is 2. The zero-order valence-electron chi connectivity index (χ0n) is 12.5. The van der Waals surface area contributed by atoms with Crippen LogP contribution in [0.3, 0.4) is 0 Å². The van der Waals surface area contributed by atoms with Crippen molar-refractivity contribution in [1.29, 1.82) is 0 Å². The second-order valence-corrected chi connectivity index (χ2v) is 6.86. The molecule has 1 aromatic heterocycles. The topological polar surface area (TPSA) is 75.2 Å². The fraction of sp³-hybridized carbons (Fsp3) is 0.625. The molecule has 2 aliphatic carbocycles. The van der Waals surface area contributed by atoms with Crippen molar-refractivity contribution in [3.63, 3.8) is 0 Å².